The molecule has 1 fully saturated rings. The van der Waals surface area contributed by atoms with Crippen LogP contribution in [-0.2, 0) is 13.6 Å². The van der Waals surface area contributed by atoms with Gasteiger partial charge in [-0.3, -0.25) is 4.79 Å². The van der Waals surface area contributed by atoms with Gasteiger partial charge in [0.05, 0.1) is 12.7 Å². The van der Waals surface area contributed by atoms with Crippen molar-refractivity contribution in [2.75, 3.05) is 0 Å². The quantitative estimate of drug-likeness (QED) is 0.825. The van der Waals surface area contributed by atoms with E-state index in [4.69, 9.17) is 4.52 Å². The van der Waals surface area contributed by atoms with Gasteiger partial charge in [0.15, 0.2) is 0 Å². The van der Waals surface area contributed by atoms with Crippen LogP contribution in [0, 0.1) is 0 Å². The largest absolute Gasteiger partial charge is 0.353 e. The molecule has 0 aromatic carbocycles. The summed E-state index contributed by atoms with van der Waals surface area (Å²) >= 11 is 0. The maximum absolute atomic E-state index is 12.3. The van der Waals surface area contributed by atoms with E-state index in [0.717, 1.165) is 18.5 Å². The van der Waals surface area contributed by atoms with Crippen LogP contribution in [0.3, 0.4) is 0 Å². The van der Waals surface area contributed by atoms with Gasteiger partial charge in [-0.1, -0.05) is 5.16 Å². The van der Waals surface area contributed by atoms with Crippen LogP contribution in [0.25, 0.3) is 0 Å². The first-order valence-electron chi connectivity index (χ1n) is 6.07. The smallest absolute Gasteiger partial charge is 0.293 e. The highest BCUT2D eigenvalue weighted by atomic mass is 16.5. The van der Waals surface area contributed by atoms with E-state index in [1.165, 1.54) is 6.20 Å². The van der Waals surface area contributed by atoms with Crippen molar-refractivity contribution in [1.29, 1.82) is 0 Å². The van der Waals surface area contributed by atoms with Crippen LogP contribution in [-0.4, -0.2) is 26.6 Å². The molecule has 2 aromatic rings. The number of amides is 1. The van der Waals surface area contributed by atoms with Crippen LogP contribution in [0.2, 0.25) is 0 Å². The Kier molecular flexibility index (Phi) is 2.66. The van der Waals surface area contributed by atoms with Gasteiger partial charge < -0.3 is 14.0 Å². The molecule has 1 saturated carbocycles. The van der Waals surface area contributed by atoms with Gasteiger partial charge in [-0.2, -0.15) is 0 Å². The van der Waals surface area contributed by atoms with E-state index in [-0.39, 0.29) is 5.91 Å². The molecule has 0 atom stereocenters. The molecule has 3 rings (SSSR count). The van der Waals surface area contributed by atoms with E-state index >= 15 is 0 Å². The van der Waals surface area contributed by atoms with Crippen LogP contribution >= 0.6 is 0 Å². The Hall–Kier alpha value is -2.04. The lowest BCUT2D eigenvalue weighted by atomic mass is 10.3. The third-order valence-corrected chi connectivity index (χ3v) is 3.28. The van der Waals surface area contributed by atoms with Crippen LogP contribution in [0.5, 0.6) is 0 Å². The molecular weight excluding hydrogens is 230 g/mol. The molecule has 0 N–H and O–H groups in total. The minimum Gasteiger partial charge on any atom is -0.353 e. The van der Waals surface area contributed by atoms with Gasteiger partial charge in [0.1, 0.15) is 0 Å². The SMILES string of the molecule is Cn1cccc1CN(C(=O)c1ccno1)C1CC1. The number of aryl methyl sites for hydroxylation is 1. The third-order valence-electron chi connectivity index (χ3n) is 3.28. The zero-order chi connectivity index (χ0) is 12.5. The zero-order valence-corrected chi connectivity index (χ0v) is 10.2. The molecule has 5 nitrogen and oxygen atoms in total. The van der Waals surface area contributed by atoms with E-state index in [1.807, 2.05) is 34.8 Å². The second-order valence-corrected chi connectivity index (χ2v) is 4.65. The predicted molar refractivity (Wildman–Crippen MR) is 64.8 cm³/mol. The third kappa shape index (κ3) is 2.03. The molecule has 0 bridgehead atoms. The van der Waals surface area contributed by atoms with Crippen molar-refractivity contribution in [3.63, 3.8) is 0 Å². The van der Waals surface area contributed by atoms with E-state index in [1.54, 1.807) is 6.07 Å². The fraction of sp³-hybridized carbons (Fsp3) is 0.385. The van der Waals surface area contributed by atoms with Gasteiger partial charge in [-0.05, 0) is 25.0 Å². The summed E-state index contributed by atoms with van der Waals surface area (Å²) in [5.74, 6) is 0.243. The number of aromatic nitrogens is 2. The molecule has 94 valence electrons. The van der Waals surface area contributed by atoms with E-state index in [2.05, 4.69) is 5.16 Å². The molecule has 0 aliphatic heterocycles. The van der Waals surface area contributed by atoms with Crippen molar-refractivity contribution in [2.45, 2.75) is 25.4 Å². The first kappa shape index (κ1) is 11.1. The van der Waals surface area contributed by atoms with Crippen molar-refractivity contribution in [2.24, 2.45) is 7.05 Å². The highest BCUT2D eigenvalue weighted by Crippen LogP contribution is 2.29. The van der Waals surface area contributed by atoms with Gasteiger partial charge in [0.2, 0.25) is 5.76 Å². The van der Waals surface area contributed by atoms with Crippen LogP contribution < -0.4 is 0 Å². The van der Waals surface area contributed by atoms with Gasteiger partial charge >= 0.3 is 0 Å². The molecule has 2 aromatic heterocycles. The first-order valence-corrected chi connectivity index (χ1v) is 6.07. The molecule has 0 radical (unpaired) electrons. The van der Waals surface area contributed by atoms with Crippen molar-refractivity contribution in [3.05, 3.63) is 42.0 Å². The average Bonchev–Trinajstić information content (AvgIpc) is 2.90. The fourth-order valence-electron chi connectivity index (χ4n) is 2.06. The van der Waals surface area contributed by atoms with Gasteiger partial charge in [-0.15, -0.1) is 0 Å². The molecule has 2 heterocycles. The number of nitrogens with zero attached hydrogens (tertiary/aromatic N) is 3. The van der Waals surface area contributed by atoms with Crippen LogP contribution in [0.1, 0.15) is 29.1 Å². The Bertz CT molecular complexity index is 540. The summed E-state index contributed by atoms with van der Waals surface area (Å²) in [6, 6.07) is 5.97. The van der Waals surface area contributed by atoms with Crippen molar-refractivity contribution in [3.8, 4) is 0 Å². The molecule has 1 aliphatic carbocycles. The lowest BCUT2D eigenvalue weighted by molar-refractivity contribution is 0.0684. The maximum atomic E-state index is 12.3. The lowest BCUT2D eigenvalue weighted by Gasteiger charge is -2.21. The predicted octanol–water partition coefficient (Wildman–Crippen LogP) is 1.82. The second-order valence-electron chi connectivity index (χ2n) is 4.65. The normalized spacial score (nSPS) is 14.7. The van der Waals surface area contributed by atoms with Crippen molar-refractivity contribution < 1.29 is 9.32 Å². The Labute approximate surface area is 105 Å². The topological polar surface area (TPSA) is 51.3 Å². The van der Waals surface area contributed by atoms with Gasteiger partial charge in [-0.25, -0.2) is 0 Å². The fourth-order valence-corrected chi connectivity index (χ4v) is 2.06. The zero-order valence-electron chi connectivity index (χ0n) is 10.2. The molecule has 18 heavy (non-hydrogen) atoms. The van der Waals surface area contributed by atoms with Crippen LogP contribution in [0.4, 0.5) is 0 Å². The Morgan fingerprint density at radius 2 is 2.39 bits per heavy atom. The Balaban J connectivity index is 1.81. The lowest BCUT2D eigenvalue weighted by Crippen LogP contribution is -2.33. The van der Waals surface area contributed by atoms with Crippen molar-refractivity contribution in [1.82, 2.24) is 14.6 Å². The van der Waals surface area contributed by atoms with Crippen molar-refractivity contribution >= 4 is 5.91 Å². The van der Waals surface area contributed by atoms with Crippen LogP contribution in [0.15, 0.2) is 35.1 Å². The summed E-state index contributed by atoms with van der Waals surface area (Å²) in [4.78, 5) is 14.2. The first-order chi connectivity index (χ1) is 8.75. The summed E-state index contributed by atoms with van der Waals surface area (Å²) in [6.07, 6.45) is 5.63. The summed E-state index contributed by atoms with van der Waals surface area (Å²) in [5.41, 5.74) is 1.12. The molecule has 1 aliphatic rings. The summed E-state index contributed by atoms with van der Waals surface area (Å²) in [6.45, 7) is 0.619. The highest BCUT2D eigenvalue weighted by molar-refractivity contribution is 5.91. The van der Waals surface area contributed by atoms with Gasteiger partial charge in [0, 0.05) is 31.0 Å². The monoisotopic (exact) mass is 245 g/mol. The summed E-state index contributed by atoms with van der Waals surface area (Å²) < 4.78 is 6.99. The molecule has 1 amide bonds. The summed E-state index contributed by atoms with van der Waals surface area (Å²) in [7, 11) is 1.99. The molecule has 5 heteroatoms. The number of carbonyl (C=O) groups is 1. The average molecular weight is 245 g/mol. The van der Waals surface area contributed by atoms with E-state index in [0.29, 0.717) is 18.3 Å². The minimum absolute atomic E-state index is 0.0730. The van der Waals surface area contributed by atoms with Gasteiger partial charge in [0.25, 0.3) is 5.91 Å². The number of hydrogen-bond donors (Lipinski definition) is 0. The van der Waals surface area contributed by atoms with E-state index in [9.17, 15) is 4.79 Å². The molecule has 0 unspecified atom stereocenters. The minimum atomic E-state index is -0.0730. The standard InChI is InChI=1S/C13H15N3O2/c1-15-8-2-3-11(15)9-16(10-4-5-10)13(17)12-6-7-14-18-12/h2-3,6-8,10H,4-5,9H2,1H3. The Morgan fingerprint density at radius 1 is 1.56 bits per heavy atom. The molecule has 0 saturated heterocycles. The summed E-state index contributed by atoms with van der Waals surface area (Å²) in [5, 5.41) is 3.59. The molecule has 0 spiro atoms. The Morgan fingerprint density at radius 3 is 2.94 bits per heavy atom. The highest BCUT2D eigenvalue weighted by Gasteiger charge is 2.34. The second kappa shape index (κ2) is 4.33. The molecular formula is C13H15N3O2. The number of rotatable bonds is 4. The van der Waals surface area contributed by atoms with E-state index < -0.39 is 0 Å². The maximum Gasteiger partial charge on any atom is 0.293 e. The number of carbonyl (C=O) groups excluding carboxylic acids is 1. The number of hydrogen-bond acceptors (Lipinski definition) is 3.